The molecule has 0 bridgehead atoms. The van der Waals surface area contributed by atoms with Gasteiger partial charge in [0.15, 0.2) is 0 Å². The van der Waals surface area contributed by atoms with Crippen LogP contribution in [0.25, 0.3) is 0 Å². The molecule has 16 heavy (non-hydrogen) atoms. The van der Waals surface area contributed by atoms with E-state index in [9.17, 15) is 4.21 Å². The second-order valence-corrected chi connectivity index (χ2v) is 5.64. The first-order valence-electron chi connectivity index (χ1n) is 5.28. The summed E-state index contributed by atoms with van der Waals surface area (Å²) in [4.78, 5) is 10.7. The number of nitrogens with two attached hydrogens (primary N) is 1. The quantitative estimate of drug-likeness (QED) is 0.761. The molecule has 0 aromatic carbocycles. The molecule has 1 aliphatic rings. The van der Waals surface area contributed by atoms with E-state index in [1.54, 1.807) is 0 Å². The topological polar surface area (TPSA) is 72.1 Å². The standard InChI is InChI=1S/C10H16N4OS/c1-7-9(11)12-8(2)13-10(7)14-3-5-16(15)6-4-14/h3-6H2,1-2H3,(H2,11,12,13). The van der Waals surface area contributed by atoms with E-state index in [-0.39, 0.29) is 0 Å². The number of hydrogen-bond acceptors (Lipinski definition) is 5. The molecule has 2 heterocycles. The van der Waals surface area contributed by atoms with Crippen LogP contribution in [0.1, 0.15) is 11.4 Å². The van der Waals surface area contributed by atoms with E-state index >= 15 is 0 Å². The van der Waals surface area contributed by atoms with Gasteiger partial charge in [-0.1, -0.05) is 0 Å². The average molecular weight is 240 g/mol. The van der Waals surface area contributed by atoms with E-state index < -0.39 is 10.8 Å². The van der Waals surface area contributed by atoms with Gasteiger partial charge in [-0.3, -0.25) is 4.21 Å². The molecule has 0 unspecified atom stereocenters. The largest absolute Gasteiger partial charge is 0.383 e. The van der Waals surface area contributed by atoms with Crippen LogP contribution in [0.5, 0.6) is 0 Å². The molecule has 2 N–H and O–H groups in total. The van der Waals surface area contributed by atoms with Gasteiger partial charge in [-0.05, 0) is 13.8 Å². The Hall–Kier alpha value is -1.17. The normalized spacial score (nSPS) is 17.8. The molecule has 0 spiro atoms. The molecule has 1 fully saturated rings. The van der Waals surface area contributed by atoms with Crippen molar-refractivity contribution in [1.82, 2.24) is 9.97 Å². The van der Waals surface area contributed by atoms with E-state index in [2.05, 4.69) is 14.9 Å². The Kier molecular flexibility index (Phi) is 3.09. The van der Waals surface area contributed by atoms with Crippen LogP contribution in [0.2, 0.25) is 0 Å². The van der Waals surface area contributed by atoms with Gasteiger partial charge < -0.3 is 10.6 Å². The summed E-state index contributed by atoms with van der Waals surface area (Å²) in [5.74, 6) is 3.53. The minimum absolute atomic E-state index is 0.536. The lowest BCUT2D eigenvalue weighted by atomic mass is 10.3. The van der Waals surface area contributed by atoms with Crippen molar-refractivity contribution in [3.05, 3.63) is 11.4 Å². The van der Waals surface area contributed by atoms with Crippen LogP contribution in [0, 0.1) is 13.8 Å². The summed E-state index contributed by atoms with van der Waals surface area (Å²) < 4.78 is 11.3. The summed E-state index contributed by atoms with van der Waals surface area (Å²) in [6, 6.07) is 0. The number of aryl methyl sites for hydroxylation is 1. The molecule has 0 aliphatic carbocycles. The van der Waals surface area contributed by atoms with Crippen molar-refractivity contribution in [2.24, 2.45) is 0 Å². The Balaban J connectivity index is 2.29. The summed E-state index contributed by atoms with van der Waals surface area (Å²) in [5, 5.41) is 0. The minimum Gasteiger partial charge on any atom is -0.383 e. The highest BCUT2D eigenvalue weighted by molar-refractivity contribution is 7.85. The summed E-state index contributed by atoms with van der Waals surface area (Å²) in [6.45, 7) is 5.32. The first-order chi connectivity index (χ1) is 7.58. The molecule has 88 valence electrons. The van der Waals surface area contributed by atoms with Gasteiger partial charge in [0.2, 0.25) is 0 Å². The fraction of sp³-hybridized carbons (Fsp3) is 0.600. The van der Waals surface area contributed by atoms with Crippen molar-refractivity contribution in [3.63, 3.8) is 0 Å². The number of nitrogens with zero attached hydrogens (tertiary/aromatic N) is 3. The zero-order valence-electron chi connectivity index (χ0n) is 9.56. The summed E-state index contributed by atoms with van der Waals surface area (Å²) in [7, 11) is -0.668. The molecule has 0 saturated carbocycles. The Bertz CT molecular complexity index is 425. The highest BCUT2D eigenvalue weighted by atomic mass is 32.2. The molecule has 0 atom stereocenters. The number of nitrogen functional groups attached to an aromatic ring is 1. The van der Waals surface area contributed by atoms with E-state index in [0.29, 0.717) is 23.1 Å². The molecule has 1 aromatic heterocycles. The lowest BCUT2D eigenvalue weighted by Crippen LogP contribution is -2.38. The highest BCUT2D eigenvalue weighted by Crippen LogP contribution is 2.22. The maximum Gasteiger partial charge on any atom is 0.137 e. The lowest BCUT2D eigenvalue weighted by Gasteiger charge is -2.28. The number of anilines is 2. The van der Waals surface area contributed by atoms with Crippen LogP contribution in [-0.4, -0.2) is 38.8 Å². The van der Waals surface area contributed by atoms with E-state index in [4.69, 9.17) is 5.73 Å². The number of aromatic nitrogens is 2. The van der Waals surface area contributed by atoms with Crippen LogP contribution in [0.15, 0.2) is 0 Å². The zero-order chi connectivity index (χ0) is 11.7. The van der Waals surface area contributed by atoms with Gasteiger partial charge >= 0.3 is 0 Å². The maximum absolute atomic E-state index is 11.3. The van der Waals surface area contributed by atoms with E-state index in [0.717, 1.165) is 24.5 Å². The smallest absolute Gasteiger partial charge is 0.137 e. The third kappa shape index (κ3) is 2.16. The Labute approximate surface area is 97.5 Å². The Morgan fingerprint density at radius 2 is 1.88 bits per heavy atom. The minimum atomic E-state index is -0.668. The van der Waals surface area contributed by atoms with Crippen molar-refractivity contribution in [3.8, 4) is 0 Å². The zero-order valence-corrected chi connectivity index (χ0v) is 10.4. The van der Waals surface area contributed by atoms with Gasteiger partial charge in [-0.25, -0.2) is 9.97 Å². The predicted molar refractivity (Wildman–Crippen MR) is 66.0 cm³/mol. The first-order valence-corrected chi connectivity index (χ1v) is 6.77. The van der Waals surface area contributed by atoms with Crippen LogP contribution < -0.4 is 10.6 Å². The van der Waals surface area contributed by atoms with Crippen molar-refractivity contribution in [1.29, 1.82) is 0 Å². The van der Waals surface area contributed by atoms with Crippen LogP contribution in [-0.2, 0) is 10.8 Å². The lowest BCUT2D eigenvalue weighted by molar-refractivity contribution is 0.672. The third-order valence-corrected chi connectivity index (χ3v) is 4.02. The fourth-order valence-corrected chi connectivity index (χ4v) is 2.84. The molecule has 6 heteroatoms. The number of rotatable bonds is 1. The van der Waals surface area contributed by atoms with Crippen molar-refractivity contribution in [2.45, 2.75) is 13.8 Å². The molecule has 1 aliphatic heterocycles. The molecular formula is C10H16N4OS. The van der Waals surface area contributed by atoms with Crippen molar-refractivity contribution in [2.75, 3.05) is 35.2 Å². The van der Waals surface area contributed by atoms with Crippen LogP contribution >= 0.6 is 0 Å². The summed E-state index contributed by atoms with van der Waals surface area (Å²) in [6.07, 6.45) is 0. The fourth-order valence-electron chi connectivity index (χ4n) is 1.79. The van der Waals surface area contributed by atoms with E-state index in [1.807, 2.05) is 13.8 Å². The van der Waals surface area contributed by atoms with Gasteiger partial charge in [-0.15, -0.1) is 0 Å². The van der Waals surface area contributed by atoms with Gasteiger partial charge in [0, 0.05) is 41.0 Å². The molecule has 1 aromatic rings. The average Bonchev–Trinajstić information content (AvgIpc) is 2.25. The maximum atomic E-state index is 11.3. The van der Waals surface area contributed by atoms with Crippen LogP contribution in [0.3, 0.4) is 0 Å². The number of hydrogen-bond donors (Lipinski definition) is 1. The van der Waals surface area contributed by atoms with Crippen molar-refractivity contribution >= 4 is 22.4 Å². The molecule has 2 rings (SSSR count). The predicted octanol–water partition coefficient (Wildman–Crippen LogP) is 0.244. The summed E-state index contributed by atoms with van der Waals surface area (Å²) >= 11 is 0. The highest BCUT2D eigenvalue weighted by Gasteiger charge is 2.19. The van der Waals surface area contributed by atoms with E-state index in [1.165, 1.54) is 0 Å². The summed E-state index contributed by atoms with van der Waals surface area (Å²) in [5.41, 5.74) is 6.73. The van der Waals surface area contributed by atoms with Gasteiger partial charge in [0.25, 0.3) is 0 Å². The van der Waals surface area contributed by atoms with Gasteiger partial charge in [0.1, 0.15) is 17.5 Å². The van der Waals surface area contributed by atoms with Crippen molar-refractivity contribution < 1.29 is 4.21 Å². The van der Waals surface area contributed by atoms with Gasteiger partial charge in [-0.2, -0.15) is 0 Å². The first kappa shape index (κ1) is 11.3. The molecule has 5 nitrogen and oxygen atoms in total. The second-order valence-electron chi connectivity index (χ2n) is 3.94. The monoisotopic (exact) mass is 240 g/mol. The van der Waals surface area contributed by atoms with Crippen LogP contribution in [0.4, 0.5) is 11.6 Å². The van der Waals surface area contributed by atoms with Gasteiger partial charge in [0.05, 0.1) is 0 Å². The molecule has 1 saturated heterocycles. The Morgan fingerprint density at radius 1 is 1.25 bits per heavy atom. The Morgan fingerprint density at radius 3 is 2.50 bits per heavy atom. The molecule has 0 amide bonds. The molecule has 0 radical (unpaired) electrons. The second kappa shape index (κ2) is 4.37. The molecular weight excluding hydrogens is 224 g/mol. The SMILES string of the molecule is Cc1nc(N)c(C)c(N2CCS(=O)CC2)n1. The third-order valence-electron chi connectivity index (χ3n) is 2.75.